The van der Waals surface area contributed by atoms with Crippen LogP contribution in [0.4, 0.5) is 0 Å². The second-order valence-corrected chi connectivity index (χ2v) is 5.64. The lowest BCUT2D eigenvalue weighted by atomic mass is 10.0. The maximum Gasteiger partial charge on any atom is 0.243 e. The van der Waals surface area contributed by atoms with Gasteiger partial charge in [0.05, 0.1) is 0 Å². The number of hydrogen-bond acceptors (Lipinski definition) is 5. The molecule has 8 heteroatoms. The number of carbonyl (C=O) groups is 1. The summed E-state index contributed by atoms with van der Waals surface area (Å²) in [6.07, 6.45) is 0.849. The quantitative estimate of drug-likeness (QED) is 0.791. The molecule has 3 N–H and O–H groups in total. The number of rotatable bonds is 7. The van der Waals surface area contributed by atoms with Gasteiger partial charge in [-0.1, -0.05) is 44.2 Å². The number of nitrogens with zero attached hydrogens (tertiary/aromatic N) is 4. The van der Waals surface area contributed by atoms with Crippen LogP contribution in [0.25, 0.3) is 11.4 Å². The van der Waals surface area contributed by atoms with Gasteiger partial charge in [-0.3, -0.25) is 4.79 Å². The number of aromatic nitrogens is 4. The maximum absolute atomic E-state index is 12.0. The summed E-state index contributed by atoms with van der Waals surface area (Å²) in [4.78, 5) is 13.3. The lowest BCUT2D eigenvalue weighted by Crippen LogP contribution is -2.42. The molecule has 0 aliphatic heterocycles. The highest BCUT2D eigenvalue weighted by molar-refractivity contribution is 5.85. The van der Waals surface area contributed by atoms with Crippen LogP contribution < -0.4 is 11.1 Å². The number of carbonyl (C=O) groups excluding carboxylic acids is 1. The normalized spacial score (nSPS) is 11.8. The van der Waals surface area contributed by atoms with Crippen molar-refractivity contribution in [1.29, 1.82) is 0 Å². The predicted molar refractivity (Wildman–Crippen MR) is 90.9 cm³/mol. The fourth-order valence-corrected chi connectivity index (χ4v) is 2.20. The number of halogens is 1. The molecule has 2 aromatic rings. The van der Waals surface area contributed by atoms with Crippen LogP contribution in [0.15, 0.2) is 30.3 Å². The molecule has 0 saturated carbocycles. The minimum atomic E-state index is -0.159. The average Bonchev–Trinajstić information content (AvgIpc) is 2.95. The van der Waals surface area contributed by atoms with Gasteiger partial charge in [0.2, 0.25) is 11.7 Å². The summed E-state index contributed by atoms with van der Waals surface area (Å²) < 4.78 is 0. The van der Waals surface area contributed by atoms with E-state index in [1.807, 2.05) is 30.3 Å². The van der Waals surface area contributed by atoms with Crippen molar-refractivity contribution in [3.63, 3.8) is 0 Å². The summed E-state index contributed by atoms with van der Waals surface area (Å²) in [7, 11) is 0. The molecule has 0 aliphatic rings. The monoisotopic (exact) mass is 338 g/mol. The first kappa shape index (κ1) is 19.1. The van der Waals surface area contributed by atoms with E-state index in [-0.39, 0.29) is 30.9 Å². The van der Waals surface area contributed by atoms with E-state index in [1.54, 1.807) is 0 Å². The van der Waals surface area contributed by atoms with Gasteiger partial charge < -0.3 is 11.1 Å². The number of nitrogens with one attached hydrogen (secondary N) is 1. The Balaban J connectivity index is 0.00000264. The van der Waals surface area contributed by atoms with E-state index >= 15 is 0 Å². The van der Waals surface area contributed by atoms with E-state index in [1.165, 1.54) is 4.80 Å². The minimum absolute atomic E-state index is 0. The van der Waals surface area contributed by atoms with Gasteiger partial charge in [0.1, 0.15) is 6.54 Å². The van der Waals surface area contributed by atoms with Gasteiger partial charge in [-0.05, 0) is 17.6 Å². The Hall–Kier alpha value is -1.99. The average molecular weight is 339 g/mol. The summed E-state index contributed by atoms with van der Waals surface area (Å²) in [5, 5.41) is 15.0. The molecule has 126 valence electrons. The van der Waals surface area contributed by atoms with Gasteiger partial charge in [-0.25, -0.2) is 0 Å². The third-order valence-corrected chi connectivity index (χ3v) is 3.18. The third-order valence-electron chi connectivity index (χ3n) is 3.18. The van der Waals surface area contributed by atoms with Crippen LogP contribution in [0, 0.1) is 5.92 Å². The van der Waals surface area contributed by atoms with Crippen LogP contribution in [0.5, 0.6) is 0 Å². The molecule has 23 heavy (non-hydrogen) atoms. The Labute approximate surface area is 142 Å². The lowest BCUT2D eigenvalue weighted by molar-refractivity contribution is -0.122. The fraction of sp³-hybridized carbons (Fsp3) is 0.467. The van der Waals surface area contributed by atoms with Gasteiger partial charge in [-0.2, -0.15) is 4.80 Å². The number of benzene rings is 1. The first-order valence-corrected chi connectivity index (χ1v) is 7.41. The van der Waals surface area contributed by atoms with Crippen molar-refractivity contribution < 1.29 is 4.79 Å². The molecule has 1 unspecified atom stereocenters. The van der Waals surface area contributed by atoms with Crippen LogP contribution in [-0.2, 0) is 11.3 Å². The summed E-state index contributed by atoms with van der Waals surface area (Å²) in [5.41, 5.74) is 6.55. The molecule has 2 rings (SSSR count). The smallest absolute Gasteiger partial charge is 0.243 e. The Bertz CT molecular complexity index is 601. The van der Waals surface area contributed by atoms with Crippen molar-refractivity contribution in [2.75, 3.05) is 6.54 Å². The van der Waals surface area contributed by atoms with Gasteiger partial charge in [0, 0.05) is 18.2 Å². The van der Waals surface area contributed by atoms with Crippen LogP contribution in [0.2, 0.25) is 0 Å². The fourth-order valence-electron chi connectivity index (χ4n) is 2.20. The summed E-state index contributed by atoms with van der Waals surface area (Å²) in [6.45, 7) is 4.65. The summed E-state index contributed by atoms with van der Waals surface area (Å²) in [6, 6.07) is 9.50. The molecule has 1 aromatic heterocycles. The molecule has 0 aliphatic carbocycles. The van der Waals surface area contributed by atoms with E-state index in [0.717, 1.165) is 12.0 Å². The van der Waals surface area contributed by atoms with Gasteiger partial charge in [0.25, 0.3) is 0 Å². The number of nitrogens with two attached hydrogens (primary N) is 1. The highest BCUT2D eigenvalue weighted by atomic mass is 35.5. The van der Waals surface area contributed by atoms with Gasteiger partial charge in [0.15, 0.2) is 0 Å². The molecule has 1 atom stereocenters. The highest BCUT2D eigenvalue weighted by Gasteiger charge is 2.14. The predicted octanol–water partition coefficient (Wildman–Crippen LogP) is 1.25. The number of hydrogen-bond donors (Lipinski definition) is 2. The van der Waals surface area contributed by atoms with Crippen molar-refractivity contribution in [3.8, 4) is 11.4 Å². The van der Waals surface area contributed by atoms with Crippen LogP contribution in [0.3, 0.4) is 0 Å². The largest absolute Gasteiger partial charge is 0.350 e. The molecule has 0 bridgehead atoms. The molecule has 7 nitrogen and oxygen atoms in total. The Morgan fingerprint density at radius 1 is 1.30 bits per heavy atom. The van der Waals surface area contributed by atoms with Crippen LogP contribution in [-0.4, -0.2) is 38.7 Å². The first-order chi connectivity index (χ1) is 10.6. The van der Waals surface area contributed by atoms with Crippen molar-refractivity contribution in [2.24, 2.45) is 11.7 Å². The van der Waals surface area contributed by atoms with E-state index in [4.69, 9.17) is 5.73 Å². The Morgan fingerprint density at radius 2 is 2.00 bits per heavy atom. The summed E-state index contributed by atoms with van der Waals surface area (Å²) in [5.74, 6) is 0.821. The van der Waals surface area contributed by atoms with Gasteiger partial charge >= 0.3 is 0 Å². The van der Waals surface area contributed by atoms with Crippen LogP contribution in [0.1, 0.15) is 20.3 Å². The molecule has 0 radical (unpaired) electrons. The van der Waals surface area contributed by atoms with E-state index < -0.39 is 0 Å². The zero-order valence-corrected chi connectivity index (χ0v) is 14.2. The number of amides is 1. The molecule has 0 saturated heterocycles. The Kier molecular flexibility index (Phi) is 7.64. The second kappa shape index (κ2) is 9.22. The molecule has 1 amide bonds. The third kappa shape index (κ3) is 5.96. The molecule has 0 spiro atoms. The number of tetrazole rings is 1. The van der Waals surface area contributed by atoms with Crippen LogP contribution >= 0.6 is 12.4 Å². The standard InChI is InChI=1S/C15H22N6O.ClH/c1-11(2)8-13(9-16)17-14(22)10-21-19-15(18-20-21)12-6-4-3-5-7-12;/h3-7,11,13H,8-10,16H2,1-2H3,(H,17,22);1H. The van der Waals surface area contributed by atoms with Crippen molar-refractivity contribution in [2.45, 2.75) is 32.9 Å². The first-order valence-electron chi connectivity index (χ1n) is 7.41. The minimum Gasteiger partial charge on any atom is -0.350 e. The Morgan fingerprint density at radius 3 is 2.61 bits per heavy atom. The lowest BCUT2D eigenvalue weighted by Gasteiger charge is -2.18. The summed E-state index contributed by atoms with van der Waals surface area (Å²) >= 11 is 0. The molecule has 1 heterocycles. The molecule has 1 aromatic carbocycles. The van der Waals surface area contributed by atoms with Crippen molar-refractivity contribution in [1.82, 2.24) is 25.5 Å². The van der Waals surface area contributed by atoms with Gasteiger partial charge in [-0.15, -0.1) is 22.6 Å². The maximum atomic E-state index is 12.0. The topological polar surface area (TPSA) is 98.7 Å². The second-order valence-electron chi connectivity index (χ2n) is 5.64. The molecular formula is C15H23ClN6O. The van der Waals surface area contributed by atoms with Crippen molar-refractivity contribution >= 4 is 18.3 Å². The molecule has 0 fully saturated rings. The van der Waals surface area contributed by atoms with E-state index in [2.05, 4.69) is 34.6 Å². The van der Waals surface area contributed by atoms with Crippen molar-refractivity contribution in [3.05, 3.63) is 30.3 Å². The zero-order valence-electron chi connectivity index (χ0n) is 13.3. The highest BCUT2D eigenvalue weighted by Crippen LogP contribution is 2.11. The molecular weight excluding hydrogens is 316 g/mol. The zero-order chi connectivity index (χ0) is 15.9. The SMILES string of the molecule is CC(C)CC(CN)NC(=O)Cn1nnc(-c2ccccc2)n1.Cl. The van der Waals surface area contributed by atoms with E-state index in [9.17, 15) is 4.79 Å². The van der Waals surface area contributed by atoms with E-state index in [0.29, 0.717) is 18.3 Å².